The molecule has 12 heavy (non-hydrogen) atoms. The van der Waals surface area contributed by atoms with Crippen LogP contribution in [0.3, 0.4) is 0 Å². The average molecular weight is 189 g/mol. The van der Waals surface area contributed by atoms with Crippen molar-refractivity contribution in [3.63, 3.8) is 0 Å². The van der Waals surface area contributed by atoms with Gasteiger partial charge in [-0.3, -0.25) is 0 Å². The third kappa shape index (κ3) is 4.33. The molecule has 1 saturated heterocycles. The Morgan fingerprint density at radius 2 is 2.50 bits per heavy atom. The van der Waals surface area contributed by atoms with Crippen molar-refractivity contribution in [2.24, 2.45) is 0 Å². The van der Waals surface area contributed by atoms with Gasteiger partial charge in [0.25, 0.3) is 0 Å². The van der Waals surface area contributed by atoms with E-state index in [0.29, 0.717) is 6.10 Å². The molecule has 72 valence electrons. The van der Waals surface area contributed by atoms with Crippen LogP contribution in [0.2, 0.25) is 0 Å². The number of hydrogen-bond acceptors (Lipinski definition) is 3. The summed E-state index contributed by atoms with van der Waals surface area (Å²) in [5.41, 5.74) is 0. The Labute approximate surface area is 79.4 Å². The van der Waals surface area contributed by atoms with Crippen LogP contribution >= 0.6 is 11.8 Å². The first kappa shape index (κ1) is 10.4. The highest BCUT2D eigenvalue weighted by Crippen LogP contribution is 2.10. The maximum absolute atomic E-state index is 5.49. The molecule has 2 nitrogen and oxygen atoms in total. The summed E-state index contributed by atoms with van der Waals surface area (Å²) >= 11 is 1.91. The van der Waals surface area contributed by atoms with Gasteiger partial charge in [-0.1, -0.05) is 0 Å². The van der Waals surface area contributed by atoms with Gasteiger partial charge in [-0.2, -0.15) is 11.8 Å². The molecule has 1 aliphatic rings. The van der Waals surface area contributed by atoms with E-state index in [1.807, 2.05) is 11.8 Å². The van der Waals surface area contributed by atoms with Crippen molar-refractivity contribution in [1.82, 2.24) is 5.32 Å². The Morgan fingerprint density at radius 1 is 1.58 bits per heavy atom. The minimum absolute atomic E-state index is 0.499. The van der Waals surface area contributed by atoms with E-state index in [1.165, 1.54) is 25.0 Å². The summed E-state index contributed by atoms with van der Waals surface area (Å²) in [5, 5.41) is 3.42. The normalized spacial score (nSPS) is 23.2. The number of ether oxygens (including phenoxy) is 1. The van der Waals surface area contributed by atoms with E-state index in [-0.39, 0.29) is 0 Å². The van der Waals surface area contributed by atoms with E-state index in [0.717, 1.165) is 19.7 Å². The van der Waals surface area contributed by atoms with E-state index in [1.54, 1.807) is 0 Å². The smallest absolute Gasteiger partial charge is 0.0700 e. The zero-order chi connectivity index (χ0) is 8.65. The van der Waals surface area contributed by atoms with Gasteiger partial charge in [0, 0.05) is 13.2 Å². The van der Waals surface area contributed by atoms with Crippen molar-refractivity contribution >= 4 is 11.8 Å². The lowest BCUT2D eigenvalue weighted by molar-refractivity contribution is 0.110. The highest BCUT2D eigenvalue weighted by Gasteiger charge is 2.13. The van der Waals surface area contributed by atoms with E-state index >= 15 is 0 Å². The Kier molecular flexibility index (Phi) is 5.82. The molecule has 0 bridgehead atoms. The summed E-state index contributed by atoms with van der Waals surface area (Å²) in [7, 11) is 0. The predicted molar refractivity (Wildman–Crippen MR) is 54.8 cm³/mol. The van der Waals surface area contributed by atoms with Crippen LogP contribution in [-0.4, -0.2) is 37.8 Å². The fourth-order valence-electron chi connectivity index (χ4n) is 1.41. The van der Waals surface area contributed by atoms with Crippen LogP contribution in [0.15, 0.2) is 0 Å². The molecule has 1 N–H and O–H groups in total. The summed E-state index contributed by atoms with van der Waals surface area (Å²) in [6, 6.07) is 0. The first-order valence-corrected chi connectivity index (χ1v) is 6.14. The molecule has 1 rings (SSSR count). The van der Waals surface area contributed by atoms with E-state index in [9.17, 15) is 0 Å². The molecule has 0 aromatic heterocycles. The van der Waals surface area contributed by atoms with Gasteiger partial charge in [-0.25, -0.2) is 0 Å². The lowest BCUT2D eigenvalue weighted by atomic mass is 10.2. The Hall–Kier alpha value is 0.270. The second-order valence-corrected chi connectivity index (χ2v) is 4.17. The minimum Gasteiger partial charge on any atom is -0.377 e. The summed E-state index contributed by atoms with van der Waals surface area (Å²) in [4.78, 5) is 0. The maximum atomic E-state index is 5.49. The molecule has 0 saturated carbocycles. The van der Waals surface area contributed by atoms with Crippen LogP contribution in [0.5, 0.6) is 0 Å². The second-order valence-electron chi connectivity index (χ2n) is 3.19. The van der Waals surface area contributed by atoms with Crippen molar-refractivity contribution < 1.29 is 4.74 Å². The fourth-order valence-corrected chi connectivity index (χ4v) is 1.84. The van der Waals surface area contributed by atoms with Crippen LogP contribution in [-0.2, 0) is 4.74 Å². The van der Waals surface area contributed by atoms with Crippen molar-refractivity contribution in [3.05, 3.63) is 0 Å². The molecule has 1 aliphatic heterocycles. The highest BCUT2D eigenvalue weighted by molar-refractivity contribution is 7.98. The molecule has 0 radical (unpaired) electrons. The minimum atomic E-state index is 0.499. The zero-order valence-electron chi connectivity index (χ0n) is 7.84. The summed E-state index contributed by atoms with van der Waals surface area (Å²) < 4.78 is 5.49. The van der Waals surface area contributed by atoms with Gasteiger partial charge >= 0.3 is 0 Å². The molecular formula is C9H19NOS. The summed E-state index contributed by atoms with van der Waals surface area (Å²) in [6.45, 7) is 3.16. The quantitative estimate of drug-likeness (QED) is 0.640. The SMILES string of the molecule is CSCCCNCC1CCCO1. The predicted octanol–water partition coefficient (Wildman–Crippen LogP) is 1.51. The number of hydrogen-bond donors (Lipinski definition) is 1. The van der Waals surface area contributed by atoms with E-state index in [4.69, 9.17) is 4.74 Å². The number of nitrogens with one attached hydrogen (secondary N) is 1. The molecule has 1 unspecified atom stereocenters. The molecular weight excluding hydrogens is 170 g/mol. The summed E-state index contributed by atoms with van der Waals surface area (Å²) in [6.07, 6.45) is 6.42. The van der Waals surface area contributed by atoms with Gasteiger partial charge in [-0.05, 0) is 37.8 Å². The highest BCUT2D eigenvalue weighted by atomic mass is 32.2. The third-order valence-corrected chi connectivity index (χ3v) is 2.79. The standard InChI is InChI=1S/C9H19NOS/c1-12-7-3-5-10-8-9-4-2-6-11-9/h9-10H,2-8H2,1H3. The lowest BCUT2D eigenvalue weighted by Crippen LogP contribution is -2.27. The van der Waals surface area contributed by atoms with Crippen LogP contribution in [0.25, 0.3) is 0 Å². The van der Waals surface area contributed by atoms with Gasteiger partial charge in [0.05, 0.1) is 6.10 Å². The monoisotopic (exact) mass is 189 g/mol. The van der Waals surface area contributed by atoms with Crippen LogP contribution in [0.4, 0.5) is 0 Å². The van der Waals surface area contributed by atoms with E-state index in [2.05, 4.69) is 11.6 Å². The lowest BCUT2D eigenvalue weighted by Gasteiger charge is -2.09. The number of rotatable bonds is 6. The maximum Gasteiger partial charge on any atom is 0.0700 e. The molecule has 0 spiro atoms. The van der Waals surface area contributed by atoms with Crippen LogP contribution < -0.4 is 5.32 Å². The first-order chi connectivity index (χ1) is 5.93. The van der Waals surface area contributed by atoms with Crippen molar-refractivity contribution in [1.29, 1.82) is 0 Å². The van der Waals surface area contributed by atoms with Gasteiger partial charge in [-0.15, -0.1) is 0 Å². The molecule has 1 atom stereocenters. The molecule has 0 aromatic rings. The molecule has 0 aliphatic carbocycles. The molecule has 0 aromatic carbocycles. The first-order valence-electron chi connectivity index (χ1n) is 4.74. The summed E-state index contributed by atoms with van der Waals surface area (Å²) in [5.74, 6) is 1.26. The molecule has 0 amide bonds. The van der Waals surface area contributed by atoms with Crippen LogP contribution in [0.1, 0.15) is 19.3 Å². The van der Waals surface area contributed by atoms with Gasteiger partial charge in [0.15, 0.2) is 0 Å². The third-order valence-electron chi connectivity index (χ3n) is 2.10. The van der Waals surface area contributed by atoms with Crippen molar-refractivity contribution in [2.75, 3.05) is 31.7 Å². The average Bonchev–Trinajstić information content (AvgIpc) is 2.57. The van der Waals surface area contributed by atoms with E-state index < -0.39 is 0 Å². The van der Waals surface area contributed by atoms with Crippen molar-refractivity contribution in [3.8, 4) is 0 Å². The van der Waals surface area contributed by atoms with Crippen molar-refractivity contribution in [2.45, 2.75) is 25.4 Å². The van der Waals surface area contributed by atoms with Gasteiger partial charge < -0.3 is 10.1 Å². The second kappa shape index (κ2) is 6.75. The fraction of sp³-hybridized carbons (Fsp3) is 1.00. The van der Waals surface area contributed by atoms with Gasteiger partial charge in [0.1, 0.15) is 0 Å². The Morgan fingerprint density at radius 3 is 3.17 bits per heavy atom. The molecule has 3 heteroatoms. The van der Waals surface area contributed by atoms with Gasteiger partial charge in [0.2, 0.25) is 0 Å². The molecule has 1 fully saturated rings. The zero-order valence-corrected chi connectivity index (χ0v) is 8.66. The topological polar surface area (TPSA) is 21.3 Å². The molecule has 1 heterocycles. The number of thioether (sulfide) groups is 1. The largest absolute Gasteiger partial charge is 0.377 e. The Balaban J connectivity index is 1.81. The van der Waals surface area contributed by atoms with Crippen LogP contribution in [0, 0.1) is 0 Å². The Bertz CT molecular complexity index is 105.